The predicted molar refractivity (Wildman–Crippen MR) is 56.2 cm³/mol. The van der Waals surface area contributed by atoms with Crippen LogP contribution in [-0.2, 0) is 9.05 Å². The van der Waals surface area contributed by atoms with Crippen molar-refractivity contribution >= 4 is 31.7 Å². The molecule has 0 aliphatic carbocycles. The largest absolute Gasteiger partial charge is 0.298 e. The normalized spacial score (nSPS) is 10.6. The van der Waals surface area contributed by atoms with Gasteiger partial charge in [-0.3, -0.25) is 14.9 Å². The second-order valence-electron chi connectivity index (χ2n) is 2.83. The molecule has 0 bridgehead atoms. The van der Waals surface area contributed by atoms with Gasteiger partial charge in [-0.15, -0.1) is 0 Å². The number of rotatable bonds is 3. The van der Waals surface area contributed by atoms with Crippen molar-refractivity contribution in [3.05, 3.63) is 33.4 Å². The van der Waals surface area contributed by atoms with Crippen LogP contribution in [-0.4, -0.2) is 19.6 Å². The molecule has 7 nitrogen and oxygen atoms in total. The lowest BCUT2D eigenvalue weighted by molar-refractivity contribution is -0.385. The molecule has 0 aromatic heterocycles. The predicted octanol–water partition coefficient (Wildman–Crippen LogP) is 1.21. The lowest BCUT2D eigenvalue weighted by Crippen LogP contribution is -2.02. The average molecular weight is 275 g/mol. The lowest BCUT2D eigenvalue weighted by atomic mass is 10.1. The third kappa shape index (κ3) is 2.58. The highest BCUT2D eigenvalue weighted by Gasteiger charge is 2.23. The number of nitro groups is 1. The molecule has 1 aromatic carbocycles. The van der Waals surface area contributed by atoms with E-state index in [1.165, 1.54) is 6.07 Å². The van der Waals surface area contributed by atoms with E-state index in [4.69, 9.17) is 15.9 Å². The maximum absolute atomic E-state index is 11.1. The molecule has 0 unspecified atom stereocenters. The molecule has 0 saturated carbocycles. The van der Waals surface area contributed by atoms with Crippen molar-refractivity contribution in [3.8, 4) is 6.07 Å². The van der Waals surface area contributed by atoms with E-state index in [1.54, 1.807) is 0 Å². The van der Waals surface area contributed by atoms with Crippen LogP contribution in [0.25, 0.3) is 0 Å². The van der Waals surface area contributed by atoms with E-state index in [0.29, 0.717) is 6.07 Å². The van der Waals surface area contributed by atoms with Crippen LogP contribution < -0.4 is 0 Å². The average Bonchev–Trinajstić information content (AvgIpc) is 2.25. The minimum atomic E-state index is -4.35. The van der Waals surface area contributed by atoms with Crippen molar-refractivity contribution in [1.82, 2.24) is 0 Å². The van der Waals surface area contributed by atoms with Gasteiger partial charge in [0.15, 0.2) is 6.29 Å². The van der Waals surface area contributed by atoms with Gasteiger partial charge in [-0.05, 0) is 0 Å². The molecule has 0 N–H and O–H groups in total. The van der Waals surface area contributed by atoms with Crippen molar-refractivity contribution < 1.29 is 18.1 Å². The van der Waals surface area contributed by atoms with E-state index in [1.807, 2.05) is 0 Å². The molecule has 1 aromatic rings. The number of hydrogen-bond donors (Lipinski definition) is 0. The fraction of sp³-hybridized carbons (Fsp3) is 0. The van der Waals surface area contributed by atoms with E-state index in [0.717, 1.165) is 6.07 Å². The molecule has 9 heteroatoms. The summed E-state index contributed by atoms with van der Waals surface area (Å²) in [7, 11) is 0.681. The Bertz CT molecular complexity index is 647. The van der Waals surface area contributed by atoms with Crippen LogP contribution in [0.1, 0.15) is 15.9 Å². The molecule has 17 heavy (non-hydrogen) atoms. The topological polar surface area (TPSA) is 118 Å². The van der Waals surface area contributed by atoms with Crippen LogP contribution in [0.2, 0.25) is 0 Å². The summed E-state index contributed by atoms with van der Waals surface area (Å²) in [6, 6.07) is 2.93. The highest BCUT2D eigenvalue weighted by Crippen LogP contribution is 2.27. The molecule has 0 saturated heterocycles. The molecule has 1 rings (SSSR count). The summed E-state index contributed by atoms with van der Waals surface area (Å²) in [5.74, 6) is 0. The van der Waals surface area contributed by atoms with Crippen LogP contribution in [0.5, 0.6) is 0 Å². The number of carbonyl (C=O) groups is 1. The van der Waals surface area contributed by atoms with Crippen LogP contribution in [0.15, 0.2) is 17.0 Å². The summed E-state index contributed by atoms with van der Waals surface area (Å²) >= 11 is 0. The van der Waals surface area contributed by atoms with E-state index >= 15 is 0 Å². The van der Waals surface area contributed by atoms with Gasteiger partial charge in [0.25, 0.3) is 14.7 Å². The highest BCUT2D eigenvalue weighted by molar-refractivity contribution is 8.13. The zero-order valence-corrected chi connectivity index (χ0v) is 9.53. The number of carbonyl (C=O) groups excluding carboxylic acids is 1. The van der Waals surface area contributed by atoms with Gasteiger partial charge < -0.3 is 0 Å². The third-order valence-electron chi connectivity index (χ3n) is 1.84. The van der Waals surface area contributed by atoms with Gasteiger partial charge in [-0.25, -0.2) is 8.42 Å². The van der Waals surface area contributed by atoms with Gasteiger partial charge in [-0.1, -0.05) is 0 Å². The monoisotopic (exact) mass is 274 g/mol. The van der Waals surface area contributed by atoms with Crippen molar-refractivity contribution in [2.24, 2.45) is 0 Å². The molecular formula is C8H3ClN2O5S. The smallest absolute Gasteiger partial charge is 0.272 e. The van der Waals surface area contributed by atoms with E-state index in [2.05, 4.69) is 0 Å². The maximum Gasteiger partial charge on any atom is 0.272 e. The lowest BCUT2D eigenvalue weighted by Gasteiger charge is -2.02. The second kappa shape index (κ2) is 4.48. The SMILES string of the molecule is N#Cc1cc([N+](=O)[O-])cc(S(=O)(=O)Cl)c1C=O. The van der Waals surface area contributed by atoms with Gasteiger partial charge >= 0.3 is 0 Å². The molecular weight excluding hydrogens is 272 g/mol. The third-order valence-corrected chi connectivity index (χ3v) is 3.20. The summed E-state index contributed by atoms with van der Waals surface area (Å²) in [6.45, 7) is 0. The first-order valence-electron chi connectivity index (χ1n) is 3.93. The fourth-order valence-corrected chi connectivity index (χ4v) is 2.20. The molecule has 88 valence electrons. The Balaban J connectivity index is 3.80. The van der Waals surface area contributed by atoms with E-state index in [9.17, 15) is 23.3 Å². The molecule has 0 fully saturated rings. The number of nitrogens with zero attached hydrogens (tertiary/aromatic N) is 2. The Morgan fingerprint density at radius 3 is 2.41 bits per heavy atom. The van der Waals surface area contributed by atoms with E-state index < -0.39 is 35.7 Å². The molecule has 0 radical (unpaired) electrons. The first-order valence-corrected chi connectivity index (χ1v) is 6.24. The molecule has 0 aliphatic rings. The van der Waals surface area contributed by atoms with Crippen LogP contribution in [0, 0.1) is 21.4 Å². The number of nitriles is 1. The minimum Gasteiger partial charge on any atom is -0.298 e. The summed E-state index contributed by atoms with van der Waals surface area (Å²) in [6.07, 6.45) is 0.109. The second-order valence-corrected chi connectivity index (χ2v) is 5.36. The van der Waals surface area contributed by atoms with Crippen molar-refractivity contribution in [3.63, 3.8) is 0 Å². The number of nitro benzene ring substituents is 1. The Hall–Kier alpha value is -1.98. The van der Waals surface area contributed by atoms with Gasteiger partial charge in [0.2, 0.25) is 0 Å². The first-order chi connectivity index (χ1) is 7.81. The Labute approximate surface area is 99.8 Å². The molecule has 0 heterocycles. The summed E-state index contributed by atoms with van der Waals surface area (Å²) < 4.78 is 22.3. The highest BCUT2D eigenvalue weighted by atomic mass is 35.7. The zero-order chi connectivity index (χ0) is 13.2. The number of halogens is 1. The van der Waals surface area contributed by atoms with Gasteiger partial charge in [0.05, 0.1) is 16.1 Å². The fourth-order valence-electron chi connectivity index (χ4n) is 1.13. The van der Waals surface area contributed by atoms with Crippen molar-refractivity contribution in [1.29, 1.82) is 5.26 Å². The molecule has 0 spiro atoms. The Kier molecular flexibility index (Phi) is 3.45. The van der Waals surface area contributed by atoms with E-state index in [-0.39, 0.29) is 6.29 Å². The molecule has 0 amide bonds. The van der Waals surface area contributed by atoms with Crippen LogP contribution >= 0.6 is 10.7 Å². The summed E-state index contributed by atoms with van der Waals surface area (Å²) in [5.41, 5.74) is -1.55. The summed E-state index contributed by atoms with van der Waals surface area (Å²) in [5, 5.41) is 19.2. The van der Waals surface area contributed by atoms with Crippen molar-refractivity contribution in [2.45, 2.75) is 4.90 Å². The maximum atomic E-state index is 11.1. The van der Waals surface area contributed by atoms with Gasteiger partial charge in [0.1, 0.15) is 11.0 Å². The Morgan fingerprint density at radius 2 is 2.06 bits per heavy atom. The van der Waals surface area contributed by atoms with Crippen LogP contribution in [0.4, 0.5) is 5.69 Å². The summed E-state index contributed by atoms with van der Waals surface area (Å²) in [4.78, 5) is 19.6. The van der Waals surface area contributed by atoms with Crippen molar-refractivity contribution in [2.75, 3.05) is 0 Å². The van der Waals surface area contributed by atoms with Crippen LogP contribution in [0.3, 0.4) is 0 Å². The standard InChI is InChI=1S/C8H3ClN2O5S/c9-17(15,16)8-2-6(11(13)14)1-5(3-10)7(8)4-12/h1-2,4H. The molecule has 0 atom stereocenters. The number of aldehydes is 1. The number of hydrogen-bond acceptors (Lipinski definition) is 6. The Morgan fingerprint density at radius 1 is 1.47 bits per heavy atom. The van der Waals surface area contributed by atoms with Gasteiger partial charge in [-0.2, -0.15) is 5.26 Å². The minimum absolute atomic E-state index is 0.109. The zero-order valence-electron chi connectivity index (χ0n) is 7.95. The number of non-ortho nitro benzene ring substituents is 1. The van der Waals surface area contributed by atoms with Gasteiger partial charge in [0, 0.05) is 22.8 Å². The first kappa shape index (κ1) is 13.1. The molecule has 0 aliphatic heterocycles. The quantitative estimate of drug-likeness (QED) is 0.354. The number of benzene rings is 1.